The van der Waals surface area contributed by atoms with E-state index in [2.05, 4.69) is 11.8 Å². The Morgan fingerprint density at radius 1 is 1.67 bits per heavy atom. The second-order valence-electron chi connectivity index (χ2n) is 3.31. The minimum absolute atomic E-state index is 0.177. The number of rotatable bonds is 5. The number of hydrogen-bond acceptors (Lipinski definition) is 3. The molecule has 0 saturated carbocycles. The zero-order valence-corrected chi connectivity index (χ0v) is 7.32. The van der Waals surface area contributed by atoms with Crippen molar-refractivity contribution in [2.45, 2.75) is 6.92 Å². The highest BCUT2D eigenvalue weighted by molar-refractivity contribution is 5.67. The largest absolute Gasteiger partial charge is 0.480 e. The summed E-state index contributed by atoms with van der Waals surface area (Å²) in [6.45, 7) is 5.65. The van der Waals surface area contributed by atoms with Crippen LogP contribution in [0.5, 0.6) is 0 Å². The van der Waals surface area contributed by atoms with Crippen molar-refractivity contribution < 1.29 is 14.6 Å². The van der Waals surface area contributed by atoms with Gasteiger partial charge < -0.3 is 14.7 Å². The van der Waals surface area contributed by atoms with E-state index in [0.717, 1.165) is 25.6 Å². The van der Waals surface area contributed by atoms with E-state index in [1.807, 2.05) is 0 Å². The summed E-state index contributed by atoms with van der Waals surface area (Å²) in [5.74, 6) is -0.101. The van der Waals surface area contributed by atoms with E-state index >= 15 is 0 Å². The van der Waals surface area contributed by atoms with Gasteiger partial charge in [0.1, 0.15) is 6.61 Å². The van der Waals surface area contributed by atoms with Gasteiger partial charge in [0, 0.05) is 19.6 Å². The molecular weight excluding hydrogens is 158 g/mol. The Hall–Kier alpha value is -0.610. The van der Waals surface area contributed by atoms with Crippen molar-refractivity contribution in [1.29, 1.82) is 0 Å². The molecule has 0 aromatic heterocycles. The third-order valence-electron chi connectivity index (χ3n) is 1.92. The van der Waals surface area contributed by atoms with Crippen LogP contribution in [0.25, 0.3) is 0 Å². The fourth-order valence-corrected chi connectivity index (χ4v) is 1.36. The average Bonchev–Trinajstić information content (AvgIpc) is 1.93. The predicted molar refractivity (Wildman–Crippen MR) is 44.1 cm³/mol. The molecule has 0 bridgehead atoms. The van der Waals surface area contributed by atoms with E-state index < -0.39 is 5.97 Å². The van der Waals surface area contributed by atoms with Crippen LogP contribution in [-0.4, -0.2) is 48.8 Å². The lowest BCUT2D eigenvalue weighted by atomic mass is 10.0. The summed E-state index contributed by atoms with van der Waals surface area (Å²) in [5, 5.41) is 8.25. The van der Waals surface area contributed by atoms with E-state index in [-0.39, 0.29) is 6.61 Å². The van der Waals surface area contributed by atoms with Crippen molar-refractivity contribution in [3.05, 3.63) is 0 Å². The number of carboxylic acids is 1. The highest BCUT2D eigenvalue weighted by Gasteiger charge is 2.21. The number of nitrogens with zero attached hydrogens (tertiary/aromatic N) is 1. The van der Waals surface area contributed by atoms with Gasteiger partial charge in [0.05, 0.1) is 6.61 Å². The normalized spacial score (nSPS) is 19.1. The Labute approximate surface area is 72.1 Å². The molecule has 0 aromatic carbocycles. The van der Waals surface area contributed by atoms with Crippen LogP contribution in [0.2, 0.25) is 0 Å². The lowest BCUT2D eigenvalue weighted by Gasteiger charge is -2.36. The van der Waals surface area contributed by atoms with Crippen LogP contribution in [0.1, 0.15) is 6.92 Å². The minimum atomic E-state index is -0.896. The van der Waals surface area contributed by atoms with Gasteiger partial charge in [-0.25, -0.2) is 4.79 Å². The summed E-state index contributed by atoms with van der Waals surface area (Å²) in [6.07, 6.45) is 0. The van der Waals surface area contributed by atoms with Crippen molar-refractivity contribution >= 4 is 5.97 Å². The molecule has 0 amide bonds. The second-order valence-corrected chi connectivity index (χ2v) is 3.31. The van der Waals surface area contributed by atoms with Crippen LogP contribution in [0.15, 0.2) is 0 Å². The van der Waals surface area contributed by atoms with Gasteiger partial charge in [-0.3, -0.25) is 0 Å². The fourth-order valence-electron chi connectivity index (χ4n) is 1.36. The molecule has 1 aliphatic heterocycles. The van der Waals surface area contributed by atoms with E-state index in [4.69, 9.17) is 9.84 Å². The van der Waals surface area contributed by atoms with Gasteiger partial charge in [-0.15, -0.1) is 0 Å². The van der Waals surface area contributed by atoms with E-state index in [1.165, 1.54) is 0 Å². The Balaban J connectivity index is 1.87. The highest BCUT2D eigenvalue weighted by Crippen LogP contribution is 2.12. The van der Waals surface area contributed by atoms with Crippen LogP contribution in [0, 0.1) is 5.92 Å². The summed E-state index contributed by atoms with van der Waals surface area (Å²) in [7, 11) is 0. The maximum absolute atomic E-state index is 10.0. The Morgan fingerprint density at radius 2 is 2.33 bits per heavy atom. The molecule has 1 rings (SSSR count). The summed E-state index contributed by atoms with van der Waals surface area (Å²) in [6, 6.07) is 0. The van der Waals surface area contributed by atoms with Crippen molar-refractivity contribution in [2.24, 2.45) is 5.92 Å². The maximum atomic E-state index is 10.0. The number of likely N-dealkylation sites (tertiary alicyclic amines) is 1. The summed E-state index contributed by atoms with van der Waals surface area (Å²) < 4.78 is 4.90. The van der Waals surface area contributed by atoms with E-state index in [9.17, 15) is 4.79 Å². The number of carbonyl (C=O) groups is 1. The van der Waals surface area contributed by atoms with Gasteiger partial charge in [-0.2, -0.15) is 0 Å². The van der Waals surface area contributed by atoms with Crippen LogP contribution < -0.4 is 0 Å². The number of aliphatic carboxylic acids is 1. The predicted octanol–water partition coefficient (Wildman–Crippen LogP) is 0.0393. The second kappa shape index (κ2) is 4.42. The van der Waals surface area contributed by atoms with Gasteiger partial charge in [0.2, 0.25) is 0 Å². The summed E-state index contributed by atoms with van der Waals surface area (Å²) in [5.41, 5.74) is 0. The third-order valence-corrected chi connectivity index (χ3v) is 1.92. The molecular formula is C8H15NO3. The maximum Gasteiger partial charge on any atom is 0.329 e. The molecule has 70 valence electrons. The third kappa shape index (κ3) is 3.19. The molecule has 4 heteroatoms. The number of carboxylic acid groups (broad SMARTS) is 1. The van der Waals surface area contributed by atoms with Gasteiger partial charge >= 0.3 is 5.97 Å². The van der Waals surface area contributed by atoms with E-state index in [1.54, 1.807) is 0 Å². The first-order valence-electron chi connectivity index (χ1n) is 4.20. The Kier molecular flexibility index (Phi) is 3.49. The monoisotopic (exact) mass is 173 g/mol. The topological polar surface area (TPSA) is 49.8 Å². The zero-order valence-electron chi connectivity index (χ0n) is 7.32. The Morgan fingerprint density at radius 3 is 2.83 bits per heavy atom. The first-order valence-corrected chi connectivity index (χ1v) is 4.20. The van der Waals surface area contributed by atoms with E-state index in [0.29, 0.717) is 6.61 Å². The number of hydrogen-bond donors (Lipinski definition) is 1. The molecule has 1 fully saturated rings. The lowest BCUT2D eigenvalue weighted by molar-refractivity contribution is -0.142. The minimum Gasteiger partial charge on any atom is -0.480 e. The molecule has 0 spiro atoms. The molecule has 4 nitrogen and oxygen atoms in total. The lowest BCUT2D eigenvalue weighted by Crippen LogP contribution is -2.46. The van der Waals surface area contributed by atoms with Crippen LogP contribution >= 0.6 is 0 Å². The SMILES string of the molecule is CC1CN(CCOCC(=O)O)C1. The molecule has 0 unspecified atom stereocenters. The van der Waals surface area contributed by atoms with Gasteiger partial charge in [-0.1, -0.05) is 6.92 Å². The molecule has 1 saturated heterocycles. The molecule has 12 heavy (non-hydrogen) atoms. The fraction of sp³-hybridized carbons (Fsp3) is 0.875. The van der Waals surface area contributed by atoms with Crippen LogP contribution in [-0.2, 0) is 9.53 Å². The van der Waals surface area contributed by atoms with Crippen molar-refractivity contribution in [2.75, 3.05) is 32.8 Å². The smallest absolute Gasteiger partial charge is 0.329 e. The summed E-state index contributed by atoms with van der Waals surface area (Å²) >= 11 is 0. The molecule has 0 radical (unpaired) electrons. The van der Waals surface area contributed by atoms with Gasteiger partial charge in [0.15, 0.2) is 0 Å². The Bertz CT molecular complexity index is 154. The molecule has 1 N–H and O–H groups in total. The molecule has 0 aliphatic carbocycles. The molecule has 1 heterocycles. The first-order chi connectivity index (χ1) is 5.68. The average molecular weight is 173 g/mol. The van der Waals surface area contributed by atoms with Crippen LogP contribution in [0.4, 0.5) is 0 Å². The first kappa shape index (κ1) is 9.48. The zero-order chi connectivity index (χ0) is 8.97. The van der Waals surface area contributed by atoms with Crippen molar-refractivity contribution in [3.63, 3.8) is 0 Å². The van der Waals surface area contributed by atoms with Gasteiger partial charge in [0.25, 0.3) is 0 Å². The highest BCUT2D eigenvalue weighted by atomic mass is 16.5. The summed E-state index contributed by atoms with van der Waals surface area (Å²) in [4.78, 5) is 12.3. The van der Waals surface area contributed by atoms with Gasteiger partial charge in [-0.05, 0) is 5.92 Å². The molecule has 0 aromatic rings. The van der Waals surface area contributed by atoms with Crippen molar-refractivity contribution in [1.82, 2.24) is 4.90 Å². The van der Waals surface area contributed by atoms with Crippen LogP contribution in [0.3, 0.4) is 0 Å². The standard InChI is InChI=1S/C8H15NO3/c1-7-4-9(5-7)2-3-12-6-8(10)11/h7H,2-6H2,1H3,(H,10,11). The quantitative estimate of drug-likeness (QED) is 0.596. The molecule has 1 aliphatic rings. The van der Waals surface area contributed by atoms with Crippen molar-refractivity contribution in [3.8, 4) is 0 Å². The molecule has 0 atom stereocenters. The number of ether oxygens (including phenoxy) is 1.